The number of aryl methyl sites for hydroxylation is 1. The Bertz CT molecular complexity index is 306. The van der Waals surface area contributed by atoms with E-state index in [9.17, 15) is 0 Å². The van der Waals surface area contributed by atoms with Gasteiger partial charge in [0, 0.05) is 5.92 Å². The monoisotopic (exact) mass is 208 g/mol. The maximum absolute atomic E-state index is 5.68. The zero-order chi connectivity index (χ0) is 11.9. The molecule has 0 saturated carbocycles. The van der Waals surface area contributed by atoms with Gasteiger partial charge >= 0.3 is 0 Å². The summed E-state index contributed by atoms with van der Waals surface area (Å²) in [5.74, 6) is 1.56. The lowest BCUT2D eigenvalue weighted by molar-refractivity contribution is 0.152. The summed E-state index contributed by atoms with van der Waals surface area (Å²) in [7, 11) is 0. The van der Waals surface area contributed by atoms with E-state index in [1.54, 1.807) is 0 Å². The van der Waals surface area contributed by atoms with E-state index in [1.807, 2.05) is 6.26 Å². The summed E-state index contributed by atoms with van der Waals surface area (Å²) in [5.41, 5.74) is 1.66. The topological polar surface area (TPSA) is 13.1 Å². The molecule has 0 radical (unpaired) electrons. The number of hydrogen-bond acceptors (Lipinski definition) is 1. The Morgan fingerprint density at radius 2 is 1.47 bits per heavy atom. The molecule has 0 saturated heterocycles. The molecule has 1 heterocycles. The molecule has 0 N–H and O–H groups in total. The smallest absolute Gasteiger partial charge is 0.108 e. The van der Waals surface area contributed by atoms with Crippen molar-refractivity contribution in [3.8, 4) is 0 Å². The Hall–Kier alpha value is -0.720. The van der Waals surface area contributed by atoms with Gasteiger partial charge in [0.25, 0.3) is 0 Å². The van der Waals surface area contributed by atoms with Crippen molar-refractivity contribution in [3.05, 3.63) is 23.7 Å². The van der Waals surface area contributed by atoms with Crippen molar-refractivity contribution >= 4 is 0 Å². The third-order valence-corrected chi connectivity index (χ3v) is 2.77. The second kappa shape index (κ2) is 3.70. The molecule has 0 unspecified atom stereocenters. The summed E-state index contributed by atoms with van der Waals surface area (Å²) in [6, 6.07) is 2.17. The number of furan rings is 1. The fraction of sp³-hybridized carbons (Fsp3) is 0.714. The zero-order valence-electron chi connectivity index (χ0n) is 11.1. The minimum absolute atomic E-state index is 0.225. The molecular weight excluding hydrogens is 184 g/mol. The van der Waals surface area contributed by atoms with Gasteiger partial charge in [-0.05, 0) is 29.4 Å². The average Bonchev–Trinajstić information content (AvgIpc) is 2.28. The van der Waals surface area contributed by atoms with Crippen LogP contribution in [-0.2, 0) is 0 Å². The Kier molecular flexibility index (Phi) is 3.04. The molecular formula is C14H24O. The first-order valence-electron chi connectivity index (χ1n) is 5.67. The van der Waals surface area contributed by atoms with Crippen LogP contribution in [0, 0.1) is 17.8 Å². The van der Waals surface area contributed by atoms with Crippen LogP contribution in [0.15, 0.2) is 16.7 Å². The molecule has 1 heteroatoms. The fourth-order valence-corrected chi connectivity index (χ4v) is 2.76. The van der Waals surface area contributed by atoms with E-state index < -0.39 is 0 Å². The van der Waals surface area contributed by atoms with Crippen LogP contribution in [0.5, 0.6) is 0 Å². The van der Waals surface area contributed by atoms with Gasteiger partial charge < -0.3 is 4.42 Å². The number of rotatable bonds is 1. The van der Waals surface area contributed by atoms with E-state index in [4.69, 9.17) is 4.42 Å². The lowest BCUT2D eigenvalue weighted by Crippen LogP contribution is -2.30. The SMILES string of the molecule is Cc1coc(C(C(C)(C)C)C(C)(C)C)c1. The predicted octanol–water partition coefficient (Wildman–Crippen LogP) is 4.76. The molecule has 0 fully saturated rings. The average molecular weight is 208 g/mol. The van der Waals surface area contributed by atoms with E-state index in [0.29, 0.717) is 5.92 Å². The fourth-order valence-electron chi connectivity index (χ4n) is 2.76. The zero-order valence-corrected chi connectivity index (χ0v) is 11.1. The summed E-state index contributed by atoms with van der Waals surface area (Å²) >= 11 is 0. The first-order chi connectivity index (χ1) is 6.62. The van der Waals surface area contributed by atoms with Gasteiger partial charge in [-0.15, -0.1) is 0 Å². The first-order valence-corrected chi connectivity index (χ1v) is 5.67. The van der Waals surface area contributed by atoms with E-state index in [0.717, 1.165) is 5.76 Å². The highest BCUT2D eigenvalue weighted by Crippen LogP contribution is 2.47. The molecule has 0 aliphatic rings. The van der Waals surface area contributed by atoms with Crippen LogP contribution >= 0.6 is 0 Å². The second-order valence-corrected chi connectivity index (χ2v) is 6.69. The van der Waals surface area contributed by atoms with Gasteiger partial charge in [0.15, 0.2) is 0 Å². The van der Waals surface area contributed by atoms with Crippen LogP contribution in [0.25, 0.3) is 0 Å². The van der Waals surface area contributed by atoms with Crippen molar-refractivity contribution < 1.29 is 4.42 Å². The van der Waals surface area contributed by atoms with Gasteiger partial charge in [0.2, 0.25) is 0 Å². The highest BCUT2D eigenvalue weighted by atomic mass is 16.3. The standard InChI is InChI=1S/C14H24O/c1-10-8-11(15-9-10)12(13(2,3)4)14(5,6)7/h8-9,12H,1-7H3. The van der Waals surface area contributed by atoms with E-state index in [1.165, 1.54) is 5.56 Å². The highest BCUT2D eigenvalue weighted by molar-refractivity contribution is 5.18. The molecule has 86 valence electrons. The summed E-state index contributed by atoms with van der Waals surface area (Å²) in [6.45, 7) is 15.7. The Labute approximate surface area is 93.9 Å². The molecule has 1 aromatic rings. The maximum Gasteiger partial charge on any atom is 0.108 e. The van der Waals surface area contributed by atoms with E-state index in [-0.39, 0.29) is 10.8 Å². The third kappa shape index (κ3) is 2.87. The molecule has 0 atom stereocenters. The van der Waals surface area contributed by atoms with Crippen LogP contribution in [0.4, 0.5) is 0 Å². The summed E-state index contributed by atoms with van der Waals surface area (Å²) in [6.07, 6.45) is 1.85. The number of hydrogen-bond donors (Lipinski definition) is 0. The van der Waals surface area contributed by atoms with Gasteiger partial charge in [-0.25, -0.2) is 0 Å². The van der Waals surface area contributed by atoms with Crippen LogP contribution < -0.4 is 0 Å². The lowest BCUT2D eigenvalue weighted by Gasteiger charge is -2.39. The normalized spacial score (nSPS) is 13.6. The van der Waals surface area contributed by atoms with Crippen molar-refractivity contribution in [2.75, 3.05) is 0 Å². The van der Waals surface area contributed by atoms with Crippen LogP contribution in [0.2, 0.25) is 0 Å². The minimum atomic E-state index is 0.225. The summed E-state index contributed by atoms with van der Waals surface area (Å²) in [4.78, 5) is 0. The van der Waals surface area contributed by atoms with Crippen molar-refractivity contribution in [3.63, 3.8) is 0 Å². The molecule has 0 bridgehead atoms. The van der Waals surface area contributed by atoms with Gasteiger partial charge in [-0.3, -0.25) is 0 Å². The van der Waals surface area contributed by atoms with Crippen molar-refractivity contribution in [1.82, 2.24) is 0 Å². The highest BCUT2D eigenvalue weighted by Gasteiger charge is 2.38. The van der Waals surface area contributed by atoms with E-state index >= 15 is 0 Å². The molecule has 0 aromatic carbocycles. The predicted molar refractivity (Wildman–Crippen MR) is 65.1 cm³/mol. The van der Waals surface area contributed by atoms with Crippen molar-refractivity contribution in [2.45, 2.75) is 54.4 Å². The van der Waals surface area contributed by atoms with Crippen LogP contribution in [-0.4, -0.2) is 0 Å². The molecule has 15 heavy (non-hydrogen) atoms. The van der Waals surface area contributed by atoms with Gasteiger partial charge in [-0.1, -0.05) is 41.5 Å². The van der Waals surface area contributed by atoms with E-state index in [2.05, 4.69) is 54.5 Å². The molecule has 0 spiro atoms. The van der Waals surface area contributed by atoms with Crippen LogP contribution in [0.3, 0.4) is 0 Å². The Balaban J connectivity index is 3.14. The minimum Gasteiger partial charge on any atom is -0.469 e. The van der Waals surface area contributed by atoms with Gasteiger partial charge in [-0.2, -0.15) is 0 Å². The van der Waals surface area contributed by atoms with Gasteiger partial charge in [0.05, 0.1) is 6.26 Å². The lowest BCUT2D eigenvalue weighted by atomic mass is 9.65. The summed E-state index contributed by atoms with van der Waals surface area (Å²) < 4.78 is 5.68. The largest absolute Gasteiger partial charge is 0.469 e. The molecule has 0 amide bonds. The maximum atomic E-state index is 5.68. The molecule has 0 aliphatic carbocycles. The first kappa shape index (κ1) is 12.4. The Morgan fingerprint density at radius 3 is 1.73 bits per heavy atom. The second-order valence-electron chi connectivity index (χ2n) is 6.69. The quantitative estimate of drug-likeness (QED) is 0.648. The molecule has 1 rings (SSSR count). The Morgan fingerprint density at radius 1 is 1.00 bits per heavy atom. The summed E-state index contributed by atoms with van der Waals surface area (Å²) in [5, 5.41) is 0. The van der Waals surface area contributed by atoms with Crippen molar-refractivity contribution in [2.24, 2.45) is 10.8 Å². The molecule has 1 nitrogen and oxygen atoms in total. The molecule has 0 aliphatic heterocycles. The van der Waals surface area contributed by atoms with Gasteiger partial charge in [0.1, 0.15) is 5.76 Å². The third-order valence-electron chi connectivity index (χ3n) is 2.77. The van der Waals surface area contributed by atoms with Crippen LogP contribution in [0.1, 0.15) is 58.8 Å². The van der Waals surface area contributed by atoms with Crippen molar-refractivity contribution in [1.29, 1.82) is 0 Å². The molecule has 1 aromatic heterocycles.